The molecule has 2 fully saturated rings. The van der Waals surface area contributed by atoms with Crippen molar-refractivity contribution in [3.63, 3.8) is 0 Å². The van der Waals surface area contributed by atoms with E-state index in [-0.39, 0.29) is 5.54 Å². The standard InChI is InChI=1S/C16H32N2O/c1-15(2)8-6-7-13(14(15)17-5)11-18-9-10-19-12-16(18,3)4/h13-14,17H,6-12H2,1-5H3. The van der Waals surface area contributed by atoms with Crippen LogP contribution in [0.4, 0.5) is 0 Å². The molecule has 3 nitrogen and oxygen atoms in total. The predicted octanol–water partition coefficient (Wildman–Crippen LogP) is 2.51. The molecule has 0 aromatic rings. The van der Waals surface area contributed by atoms with Crippen molar-refractivity contribution in [3.05, 3.63) is 0 Å². The van der Waals surface area contributed by atoms with Gasteiger partial charge in [-0.2, -0.15) is 0 Å². The molecule has 2 rings (SSSR count). The van der Waals surface area contributed by atoms with Gasteiger partial charge < -0.3 is 10.1 Å². The summed E-state index contributed by atoms with van der Waals surface area (Å²) in [7, 11) is 2.13. The molecule has 2 atom stereocenters. The molecule has 112 valence electrons. The molecular formula is C16H32N2O. The molecule has 1 saturated carbocycles. The molecule has 1 N–H and O–H groups in total. The fraction of sp³-hybridized carbons (Fsp3) is 1.00. The van der Waals surface area contributed by atoms with E-state index < -0.39 is 0 Å². The third-order valence-corrected chi connectivity index (χ3v) is 5.29. The Morgan fingerprint density at radius 2 is 2.00 bits per heavy atom. The van der Waals surface area contributed by atoms with E-state index in [1.165, 1.54) is 25.8 Å². The van der Waals surface area contributed by atoms with Gasteiger partial charge in [0.15, 0.2) is 0 Å². The van der Waals surface area contributed by atoms with Crippen LogP contribution in [0.3, 0.4) is 0 Å². The Labute approximate surface area is 119 Å². The van der Waals surface area contributed by atoms with Gasteiger partial charge in [-0.25, -0.2) is 0 Å². The summed E-state index contributed by atoms with van der Waals surface area (Å²) < 4.78 is 5.64. The monoisotopic (exact) mass is 268 g/mol. The van der Waals surface area contributed by atoms with E-state index >= 15 is 0 Å². The third kappa shape index (κ3) is 3.32. The highest BCUT2D eigenvalue weighted by atomic mass is 16.5. The summed E-state index contributed by atoms with van der Waals surface area (Å²) in [6.45, 7) is 13.5. The predicted molar refractivity (Wildman–Crippen MR) is 80.4 cm³/mol. The van der Waals surface area contributed by atoms with Crippen LogP contribution in [0.2, 0.25) is 0 Å². The molecule has 1 saturated heterocycles. The largest absolute Gasteiger partial charge is 0.378 e. The van der Waals surface area contributed by atoms with E-state index in [9.17, 15) is 0 Å². The third-order valence-electron chi connectivity index (χ3n) is 5.29. The Kier molecular flexibility index (Phi) is 4.59. The topological polar surface area (TPSA) is 24.5 Å². The van der Waals surface area contributed by atoms with Crippen LogP contribution in [0.15, 0.2) is 0 Å². The molecular weight excluding hydrogens is 236 g/mol. The van der Waals surface area contributed by atoms with Crippen LogP contribution in [0, 0.1) is 11.3 Å². The molecule has 19 heavy (non-hydrogen) atoms. The minimum absolute atomic E-state index is 0.193. The summed E-state index contributed by atoms with van der Waals surface area (Å²) >= 11 is 0. The van der Waals surface area contributed by atoms with E-state index in [1.54, 1.807) is 0 Å². The first kappa shape index (κ1) is 15.3. The molecule has 2 aliphatic rings. The summed E-state index contributed by atoms with van der Waals surface area (Å²) in [6, 6.07) is 0.639. The fourth-order valence-corrected chi connectivity index (χ4v) is 4.12. The van der Waals surface area contributed by atoms with Crippen molar-refractivity contribution in [2.45, 2.75) is 58.5 Å². The van der Waals surface area contributed by atoms with Crippen LogP contribution in [-0.4, -0.2) is 49.8 Å². The second-order valence-electron chi connectivity index (χ2n) is 7.72. The minimum atomic E-state index is 0.193. The van der Waals surface area contributed by atoms with Crippen LogP contribution in [0.5, 0.6) is 0 Å². The van der Waals surface area contributed by atoms with Gasteiger partial charge in [0.25, 0.3) is 0 Å². The van der Waals surface area contributed by atoms with Crippen LogP contribution >= 0.6 is 0 Å². The smallest absolute Gasteiger partial charge is 0.0645 e. The summed E-state index contributed by atoms with van der Waals surface area (Å²) in [4.78, 5) is 2.65. The average molecular weight is 268 g/mol. The van der Waals surface area contributed by atoms with Gasteiger partial charge in [0.05, 0.1) is 13.2 Å². The van der Waals surface area contributed by atoms with Crippen LogP contribution in [0.25, 0.3) is 0 Å². The molecule has 0 radical (unpaired) electrons. The van der Waals surface area contributed by atoms with Gasteiger partial charge in [-0.15, -0.1) is 0 Å². The normalized spacial score (nSPS) is 35.2. The van der Waals surface area contributed by atoms with E-state index in [2.05, 4.69) is 45.0 Å². The second-order valence-corrected chi connectivity index (χ2v) is 7.72. The van der Waals surface area contributed by atoms with Crippen molar-refractivity contribution in [3.8, 4) is 0 Å². The van der Waals surface area contributed by atoms with Crippen molar-refractivity contribution >= 4 is 0 Å². The number of ether oxygens (including phenoxy) is 1. The minimum Gasteiger partial charge on any atom is -0.378 e. The molecule has 0 bridgehead atoms. The van der Waals surface area contributed by atoms with Gasteiger partial charge in [0.2, 0.25) is 0 Å². The molecule has 1 aliphatic carbocycles. The van der Waals surface area contributed by atoms with Gasteiger partial charge in [-0.1, -0.05) is 20.3 Å². The van der Waals surface area contributed by atoms with Crippen LogP contribution in [0.1, 0.15) is 47.0 Å². The highest BCUT2D eigenvalue weighted by molar-refractivity contribution is 4.96. The van der Waals surface area contributed by atoms with Gasteiger partial charge in [-0.3, -0.25) is 4.90 Å². The summed E-state index contributed by atoms with van der Waals surface area (Å²) in [6.07, 6.45) is 4.09. The van der Waals surface area contributed by atoms with E-state index in [0.717, 1.165) is 25.7 Å². The lowest BCUT2D eigenvalue weighted by Gasteiger charge is -2.49. The first-order valence-electron chi connectivity index (χ1n) is 7.87. The first-order valence-corrected chi connectivity index (χ1v) is 7.87. The number of nitrogens with zero attached hydrogens (tertiary/aromatic N) is 1. The van der Waals surface area contributed by atoms with Gasteiger partial charge in [-0.05, 0) is 45.1 Å². The van der Waals surface area contributed by atoms with E-state index in [0.29, 0.717) is 11.5 Å². The van der Waals surface area contributed by atoms with Crippen molar-refractivity contribution in [1.29, 1.82) is 0 Å². The van der Waals surface area contributed by atoms with Gasteiger partial charge in [0, 0.05) is 24.7 Å². The molecule has 0 spiro atoms. The first-order chi connectivity index (χ1) is 8.87. The Bertz CT molecular complexity index is 301. The average Bonchev–Trinajstić information content (AvgIpc) is 2.31. The van der Waals surface area contributed by atoms with Gasteiger partial charge in [0.1, 0.15) is 0 Å². The maximum atomic E-state index is 5.64. The molecule has 0 aromatic carbocycles. The zero-order valence-corrected chi connectivity index (χ0v) is 13.5. The number of morpholine rings is 1. The molecule has 0 amide bonds. The van der Waals surface area contributed by atoms with E-state index in [4.69, 9.17) is 4.74 Å². The molecule has 1 heterocycles. The molecule has 3 heteroatoms. The number of rotatable bonds is 3. The maximum absolute atomic E-state index is 5.64. The highest BCUT2D eigenvalue weighted by Gasteiger charge is 2.40. The Morgan fingerprint density at radius 1 is 1.26 bits per heavy atom. The lowest BCUT2D eigenvalue weighted by Crippen LogP contribution is -2.58. The maximum Gasteiger partial charge on any atom is 0.0645 e. The van der Waals surface area contributed by atoms with Crippen molar-refractivity contribution < 1.29 is 4.74 Å². The number of hydrogen-bond donors (Lipinski definition) is 1. The second kappa shape index (κ2) is 5.71. The molecule has 1 aliphatic heterocycles. The Morgan fingerprint density at radius 3 is 2.63 bits per heavy atom. The Balaban J connectivity index is 2.04. The van der Waals surface area contributed by atoms with Gasteiger partial charge >= 0.3 is 0 Å². The highest BCUT2D eigenvalue weighted by Crippen LogP contribution is 2.39. The van der Waals surface area contributed by atoms with E-state index in [1.807, 2.05) is 0 Å². The molecule has 0 aromatic heterocycles. The lowest BCUT2D eigenvalue weighted by atomic mass is 9.67. The van der Waals surface area contributed by atoms with Crippen molar-refractivity contribution in [1.82, 2.24) is 10.2 Å². The number of nitrogens with one attached hydrogen (secondary N) is 1. The summed E-state index contributed by atoms with van der Waals surface area (Å²) in [5.74, 6) is 0.770. The zero-order valence-electron chi connectivity index (χ0n) is 13.5. The summed E-state index contributed by atoms with van der Waals surface area (Å²) in [5, 5.41) is 3.60. The fourth-order valence-electron chi connectivity index (χ4n) is 4.12. The zero-order chi connectivity index (χ0) is 14.1. The van der Waals surface area contributed by atoms with Crippen LogP contribution in [-0.2, 0) is 4.74 Å². The quantitative estimate of drug-likeness (QED) is 0.851. The lowest BCUT2D eigenvalue weighted by molar-refractivity contribution is -0.0656. The number of hydrogen-bond acceptors (Lipinski definition) is 3. The SMILES string of the molecule is CNC1C(CN2CCOCC2(C)C)CCCC1(C)C. The Hall–Kier alpha value is -0.120. The van der Waals surface area contributed by atoms with Crippen molar-refractivity contribution in [2.75, 3.05) is 33.4 Å². The summed E-state index contributed by atoms with van der Waals surface area (Å²) in [5.41, 5.74) is 0.617. The van der Waals surface area contributed by atoms with Crippen LogP contribution < -0.4 is 5.32 Å². The molecule has 2 unspecified atom stereocenters. The van der Waals surface area contributed by atoms with Crippen molar-refractivity contribution in [2.24, 2.45) is 11.3 Å².